The van der Waals surface area contributed by atoms with E-state index in [1.165, 1.54) is 61.8 Å². The van der Waals surface area contributed by atoms with E-state index in [0.717, 1.165) is 12.2 Å². The number of nitrogens with two attached hydrogens (primary N) is 1. The molecule has 0 aliphatic heterocycles. The molecule has 0 radical (unpaired) electrons. The van der Waals surface area contributed by atoms with Crippen LogP contribution in [0.5, 0.6) is 0 Å². The fourth-order valence-corrected chi connectivity index (χ4v) is 3.30. The molecule has 0 aliphatic carbocycles. The predicted octanol–water partition coefficient (Wildman–Crippen LogP) is 6.33. The summed E-state index contributed by atoms with van der Waals surface area (Å²) in [5.74, 6) is 1.13. The second kappa shape index (κ2) is 12.1. The molecule has 1 rings (SSSR count). The van der Waals surface area contributed by atoms with Gasteiger partial charge in [0.1, 0.15) is 0 Å². The molecule has 2 N–H and O–H groups in total. The molecule has 1 aromatic carbocycles. The van der Waals surface area contributed by atoms with Gasteiger partial charge in [-0.2, -0.15) is 0 Å². The third kappa shape index (κ3) is 8.53. The topological polar surface area (TPSA) is 26.0 Å². The number of hydrogen-bond acceptors (Lipinski definition) is 2. The van der Waals surface area contributed by atoms with E-state index in [0.29, 0.717) is 0 Å². The molecule has 0 aliphatic rings. The Kier molecular flexibility index (Phi) is 10.7. The lowest BCUT2D eigenvalue weighted by molar-refractivity contribution is 0.536. The maximum Gasteiger partial charge on any atom is 0.0294 e. The normalized spacial score (nSPS) is 12.5. The van der Waals surface area contributed by atoms with Gasteiger partial charge in [-0.15, -0.1) is 11.8 Å². The van der Waals surface area contributed by atoms with Crippen molar-refractivity contribution in [3.05, 3.63) is 29.8 Å². The number of benzene rings is 1. The molecule has 1 nitrogen and oxygen atoms in total. The van der Waals surface area contributed by atoms with Gasteiger partial charge >= 0.3 is 0 Å². The van der Waals surface area contributed by atoms with Crippen LogP contribution in [0.25, 0.3) is 0 Å². The van der Waals surface area contributed by atoms with Gasteiger partial charge in [-0.3, -0.25) is 0 Å². The predicted molar refractivity (Wildman–Crippen MR) is 97.0 cm³/mol. The Balaban J connectivity index is 2.11. The first-order valence-corrected chi connectivity index (χ1v) is 9.74. The van der Waals surface area contributed by atoms with Crippen LogP contribution < -0.4 is 5.73 Å². The molecule has 1 atom stereocenters. The van der Waals surface area contributed by atoms with E-state index in [2.05, 4.69) is 38.1 Å². The third-order valence-corrected chi connectivity index (χ3v) is 4.88. The summed E-state index contributed by atoms with van der Waals surface area (Å²) in [5, 5.41) is 0. The third-order valence-electron chi connectivity index (χ3n) is 3.99. The molecule has 0 heterocycles. The van der Waals surface area contributed by atoms with Crippen molar-refractivity contribution in [2.24, 2.45) is 5.73 Å². The molecule has 0 aromatic heterocycles. The highest BCUT2D eigenvalue weighted by Gasteiger charge is 2.05. The van der Waals surface area contributed by atoms with E-state index in [1.54, 1.807) is 0 Å². The van der Waals surface area contributed by atoms with Gasteiger partial charge < -0.3 is 5.73 Å². The Morgan fingerprint density at radius 2 is 1.43 bits per heavy atom. The second-order valence-corrected chi connectivity index (χ2v) is 7.21. The van der Waals surface area contributed by atoms with E-state index in [1.807, 2.05) is 11.8 Å². The van der Waals surface area contributed by atoms with Gasteiger partial charge in [0.05, 0.1) is 0 Å². The molecule has 21 heavy (non-hydrogen) atoms. The monoisotopic (exact) mass is 307 g/mol. The summed E-state index contributed by atoms with van der Waals surface area (Å²) in [7, 11) is 0. The summed E-state index contributed by atoms with van der Waals surface area (Å²) < 4.78 is 0. The largest absolute Gasteiger partial charge is 0.324 e. The van der Waals surface area contributed by atoms with Crippen molar-refractivity contribution in [2.75, 3.05) is 5.75 Å². The highest BCUT2D eigenvalue weighted by molar-refractivity contribution is 7.99. The number of rotatable bonds is 12. The van der Waals surface area contributed by atoms with E-state index >= 15 is 0 Å². The zero-order chi connectivity index (χ0) is 15.3. The first kappa shape index (κ1) is 18.6. The van der Waals surface area contributed by atoms with E-state index in [4.69, 9.17) is 5.73 Å². The Morgan fingerprint density at radius 1 is 0.857 bits per heavy atom. The van der Waals surface area contributed by atoms with E-state index in [-0.39, 0.29) is 6.04 Å². The van der Waals surface area contributed by atoms with Crippen LogP contribution in [0.3, 0.4) is 0 Å². The molecule has 1 aromatic rings. The van der Waals surface area contributed by atoms with Crippen LogP contribution in [-0.4, -0.2) is 5.75 Å². The maximum atomic E-state index is 6.29. The standard InChI is InChI=1S/C19H33NS/c1-3-5-6-7-8-9-10-11-12-19(20)17-13-15-18(16-14-17)21-4-2/h13-16,19H,3-12,20H2,1-2H3. The first-order valence-electron chi connectivity index (χ1n) is 8.76. The van der Waals surface area contributed by atoms with E-state index < -0.39 is 0 Å². The highest BCUT2D eigenvalue weighted by Crippen LogP contribution is 2.22. The van der Waals surface area contributed by atoms with Crippen molar-refractivity contribution in [3.63, 3.8) is 0 Å². The second-order valence-electron chi connectivity index (χ2n) is 5.87. The van der Waals surface area contributed by atoms with Crippen LogP contribution in [-0.2, 0) is 0 Å². The lowest BCUT2D eigenvalue weighted by Crippen LogP contribution is -2.09. The van der Waals surface area contributed by atoms with Crippen molar-refractivity contribution in [1.29, 1.82) is 0 Å². The zero-order valence-corrected chi connectivity index (χ0v) is 14.8. The lowest BCUT2D eigenvalue weighted by atomic mass is 10.0. The smallest absolute Gasteiger partial charge is 0.0294 e. The Hall–Kier alpha value is -0.470. The molecule has 0 amide bonds. The summed E-state index contributed by atoms with van der Waals surface area (Å²) in [6.07, 6.45) is 12.1. The minimum atomic E-state index is 0.214. The van der Waals surface area contributed by atoms with Crippen molar-refractivity contribution in [1.82, 2.24) is 0 Å². The van der Waals surface area contributed by atoms with Gasteiger partial charge in [-0.05, 0) is 29.9 Å². The van der Waals surface area contributed by atoms with Gasteiger partial charge in [0, 0.05) is 10.9 Å². The quantitative estimate of drug-likeness (QED) is 0.361. The summed E-state index contributed by atoms with van der Waals surface area (Å²) in [6, 6.07) is 9.03. The van der Waals surface area contributed by atoms with Crippen LogP contribution in [0.4, 0.5) is 0 Å². The van der Waals surface area contributed by atoms with Crippen LogP contribution in [0.2, 0.25) is 0 Å². The highest BCUT2D eigenvalue weighted by atomic mass is 32.2. The Morgan fingerprint density at radius 3 is 2.00 bits per heavy atom. The summed E-state index contributed by atoms with van der Waals surface area (Å²) >= 11 is 1.89. The Labute approximate surface area is 136 Å². The minimum absolute atomic E-state index is 0.214. The Bertz CT molecular complexity index is 347. The van der Waals surface area contributed by atoms with E-state index in [9.17, 15) is 0 Å². The molecule has 0 fully saturated rings. The van der Waals surface area contributed by atoms with Gasteiger partial charge in [0.25, 0.3) is 0 Å². The molecular weight excluding hydrogens is 274 g/mol. The SMILES string of the molecule is CCCCCCCCCCC(N)c1ccc(SCC)cc1. The van der Waals surface area contributed by atoms with Gasteiger partial charge in [-0.25, -0.2) is 0 Å². The van der Waals surface area contributed by atoms with Crippen LogP contribution in [0.15, 0.2) is 29.2 Å². The summed E-state index contributed by atoms with van der Waals surface area (Å²) in [5.41, 5.74) is 7.58. The van der Waals surface area contributed by atoms with Crippen molar-refractivity contribution < 1.29 is 0 Å². The van der Waals surface area contributed by atoms with Crippen LogP contribution in [0.1, 0.15) is 83.2 Å². The minimum Gasteiger partial charge on any atom is -0.324 e. The first-order chi connectivity index (χ1) is 10.3. The maximum absolute atomic E-state index is 6.29. The molecule has 0 saturated heterocycles. The molecule has 0 saturated carbocycles. The summed E-state index contributed by atoms with van der Waals surface area (Å²) in [6.45, 7) is 4.46. The van der Waals surface area contributed by atoms with Gasteiger partial charge in [-0.1, -0.05) is 77.3 Å². The number of hydrogen-bond donors (Lipinski definition) is 1. The number of thioether (sulfide) groups is 1. The average Bonchev–Trinajstić information content (AvgIpc) is 2.51. The van der Waals surface area contributed by atoms with Gasteiger partial charge in [0.2, 0.25) is 0 Å². The number of unbranched alkanes of at least 4 members (excludes halogenated alkanes) is 7. The molecule has 120 valence electrons. The van der Waals surface area contributed by atoms with Crippen LogP contribution in [0, 0.1) is 0 Å². The average molecular weight is 308 g/mol. The molecule has 2 heteroatoms. The van der Waals surface area contributed by atoms with Crippen molar-refractivity contribution in [3.8, 4) is 0 Å². The molecular formula is C19H33NS. The fourth-order valence-electron chi connectivity index (χ4n) is 2.64. The molecule has 0 bridgehead atoms. The lowest BCUT2D eigenvalue weighted by Gasteiger charge is -2.12. The fraction of sp³-hybridized carbons (Fsp3) is 0.684. The van der Waals surface area contributed by atoms with Crippen LogP contribution >= 0.6 is 11.8 Å². The molecule has 1 unspecified atom stereocenters. The zero-order valence-electron chi connectivity index (χ0n) is 13.9. The van der Waals surface area contributed by atoms with Crippen molar-refractivity contribution >= 4 is 11.8 Å². The molecule has 0 spiro atoms. The van der Waals surface area contributed by atoms with Crippen molar-refractivity contribution in [2.45, 2.75) is 82.6 Å². The van der Waals surface area contributed by atoms with Gasteiger partial charge in [0.15, 0.2) is 0 Å². The summed E-state index contributed by atoms with van der Waals surface area (Å²) in [4.78, 5) is 1.35.